The number of anilines is 2. The highest BCUT2D eigenvalue weighted by atomic mass is 16.5. The smallest absolute Gasteiger partial charge is 0.318 e. The number of aromatic nitrogens is 2. The Hall–Kier alpha value is -1.85. The fourth-order valence-corrected chi connectivity index (χ4v) is 2.31. The van der Waals surface area contributed by atoms with Gasteiger partial charge in [-0.3, -0.25) is 4.79 Å². The van der Waals surface area contributed by atoms with Gasteiger partial charge < -0.3 is 15.0 Å². The first-order valence-corrected chi connectivity index (χ1v) is 6.51. The Balaban J connectivity index is 2.16. The molecule has 1 aromatic rings. The van der Waals surface area contributed by atoms with Crippen LogP contribution in [-0.4, -0.2) is 37.1 Å². The second kappa shape index (κ2) is 5.86. The normalized spacial score (nSPS) is 15.3. The van der Waals surface area contributed by atoms with Crippen molar-refractivity contribution in [3.63, 3.8) is 0 Å². The zero-order valence-electron chi connectivity index (χ0n) is 11.6. The van der Waals surface area contributed by atoms with Crippen LogP contribution in [0.1, 0.15) is 25.7 Å². The Bertz CT molecular complexity index is 456. The van der Waals surface area contributed by atoms with Crippen molar-refractivity contribution in [1.29, 1.82) is 0 Å². The molecule has 0 aliphatic heterocycles. The average Bonchev–Trinajstić information content (AvgIpc) is 2.92. The van der Waals surface area contributed by atoms with Crippen LogP contribution in [0.4, 0.5) is 11.5 Å². The molecule has 0 radical (unpaired) electrons. The van der Waals surface area contributed by atoms with Crippen molar-refractivity contribution in [2.24, 2.45) is 5.92 Å². The number of nitrogens with zero attached hydrogens (tertiary/aromatic N) is 3. The summed E-state index contributed by atoms with van der Waals surface area (Å²) in [6, 6.07) is 0.294. The van der Waals surface area contributed by atoms with Crippen LogP contribution in [0.5, 0.6) is 6.01 Å². The van der Waals surface area contributed by atoms with E-state index in [1.165, 1.54) is 7.11 Å². The minimum Gasteiger partial charge on any atom is -0.467 e. The summed E-state index contributed by atoms with van der Waals surface area (Å²) in [6.45, 7) is 0. The van der Waals surface area contributed by atoms with Gasteiger partial charge >= 0.3 is 6.01 Å². The minimum atomic E-state index is 0.0642. The number of hydrogen-bond donors (Lipinski definition) is 1. The maximum Gasteiger partial charge on any atom is 0.318 e. The van der Waals surface area contributed by atoms with Crippen molar-refractivity contribution < 1.29 is 9.53 Å². The molecule has 1 aromatic heterocycles. The van der Waals surface area contributed by atoms with E-state index in [0.717, 1.165) is 25.7 Å². The summed E-state index contributed by atoms with van der Waals surface area (Å²) < 4.78 is 5.00. The Morgan fingerprint density at radius 3 is 2.68 bits per heavy atom. The van der Waals surface area contributed by atoms with Crippen LogP contribution in [0.3, 0.4) is 0 Å². The molecule has 0 spiro atoms. The third-order valence-electron chi connectivity index (χ3n) is 3.34. The molecule has 0 saturated heterocycles. The first-order valence-electron chi connectivity index (χ1n) is 6.51. The number of carbonyl (C=O) groups is 1. The predicted octanol–water partition coefficient (Wildman–Crippen LogP) is 1.68. The van der Waals surface area contributed by atoms with Crippen LogP contribution in [0.15, 0.2) is 6.20 Å². The number of methoxy groups -OCH3 is 1. The van der Waals surface area contributed by atoms with Gasteiger partial charge in [-0.25, -0.2) is 4.98 Å². The van der Waals surface area contributed by atoms with Gasteiger partial charge in [-0.15, -0.1) is 0 Å². The summed E-state index contributed by atoms with van der Waals surface area (Å²) in [5.41, 5.74) is 0.628. The Morgan fingerprint density at radius 1 is 1.42 bits per heavy atom. The molecule has 104 valence electrons. The van der Waals surface area contributed by atoms with Gasteiger partial charge in [0.25, 0.3) is 0 Å². The molecule has 1 N–H and O–H groups in total. The lowest BCUT2D eigenvalue weighted by Gasteiger charge is -2.18. The molecule has 1 saturated carbocycles. The van der Waals surface area contributed by atoms with Gasteiger partial charge in [0, 0.05) is 20.0 Å². The van der Waals surface area contributed by atoms with Crippen molar-refractivity contribution in [2.75, 3.05) is 31.4 Å². The molecule has 0 aromatic carbocycles. The SMILES string of the molecule is COc1ncc(NC(=O)C2CCCC2)c(N(C)C)n1. The number of carbonyl (C=O) groups excluding carboxylic acids is 1. The van der Waals surface area contributed by atoms with E-state index in [4.69, 9.17) is 4.74 Å². The highest BCUT2D eigenvalue weighted by Crippen LogP contribution is 2.28. The lowest BCUT2D eigenvalue weighted by atomic mass is 10.1. The van der Waals surface area contributed by atoms with E-state index in [1.54, 1.807) is 6.20 Å². The number of amides is 1. The molecule has 1 heterocycles. The van der Waals surface area contributed by atoms with Crippen LogP contribution in [-0.2, 0) is 4.79 Å². The van der Waals surface area contributed by atoms with E-state index in [9.17, 15) is 4.79 Å². The Morgan fingerprint density at radius 2 is 2.11 bits per heavy atom. The molecular formula is C13H20N4O2. The van der Waals surface area contributed by atoms with Crippen molar-refractivity contribution in [1.82, 2.24) is 9.97 Å². The summed E-state index contributed by atoms with van der Waals surface area (Å²) >= 11 is 0. The summed E-state index contributed by atoms with van der Waals surface area (Å²) in [4.78, 5) is 22.2. The lowest BCUT2D eigenvalue weighted by molar-refractivity contribution is -0.119. The minimum absolute atomic E-state index is 0.0642. The standard InChI is InChI=1S/C13H20N4O2/c1-17(2)11-10(8-14-13(16-11)19-3)15-12(18)9-6-4-5-7-9/h8-9H,4-7H2,1-3H3,(H,15,18). The summed E-state index contributed by atoms with van der Waals surface area (Å²) in [7, 11) is 5.26. The topological polar surface area (TPSA) is 67.3 Å². The first-order chi connectivity index (χ1) is 9.11. The molecule has 1 aliphatic carbocycles. The van der Waals surface area contributed by atoms with Crippen LogP contribution in [0, 0.1) is 5.92 Å². The average molecular weight is 264 g/mol. The van der Waals surface area contributed by atoms with E-state index in [2.05, 4.69) is 15.3 Å². The Kier molecular flexibility index (Phi) is 4.19. The maximum absolute atomic E-state index is 12.1. The largest absolute Gasteiger partial charge is 0.467 e. The summed E-state index contributed by atoms with van der Waals surface area (Å²) in [6.07, 6.45) is 5.81. The second-order valence-corrected chi connectivity index (χ2v) is 4.96. The zero-order chi connectivity index (χ0) is 13.8. The van der Waals surface area contributed by atoms with Crippen molar-refractivity contribution in [3.8, 4) is 6.01 Å². The molecule has 19 heavy (non-hydrogen) atoms. The lowest BCUT2D eigenvalue weighted by Crippen LogP contribution is -2.23. The van der Waals surface area contributed by atoms with Crippen molar-refractivity contribution in [3.05, 3.63) is 6.20 Å². The van der Waals surface area contributed by atoms with Crippen LogP contribution < -0.4 is 15.0 Å². The van der Waals surface area contributed by atoms with Crippen molar-refractivity contribution >= 4 is 17.4 Å². The molecular weight excluding hydrogens is 244 g/mol. The van der Waals surface area contributed by atoms with Crippen LogP contribution in [0.25, 0.3) is 0 Å². The van der Waals surface area contributed by atoms with E-state index >= 15 is 0 Å². The van der Waals surface area contributed by atoms with Gasteiger partial charge in [0.05, 0.1) is 13.3 Å². The fourth-order valence-electron chi connectivity index (χ4n) is 2.31. The number of rotatable bonds is 4. The molecule has 1 aliphatic rings. The van der Waals surface area contributed by atoms with E-state index in [1.807, 2.05) is 19.0 Å². The van der Waals surface area contributed by atoms with Crippen LogP contribution in [0.2, 0.25) is 0 Å². The van der Waals surface area contributed by atoms with Crippen LogP contribution >= 0.6 is 0 Å². The highest BCUT2D eigenvalue weighted by molar-refractivity contribution is 5.95. The molecule has 1 fully saturated rings. The summed E-state index contributed by atoms with van der Waals surface area (Å²) in [5.74, 6) is 0.838. The van der Waals surface area contributed by atoms with Gasteiger partial charge in [0.2, 0.25) is 5.91 Å². The molecule has 2 rings (SSSR count). The van der Waals surface area contributed by atoms with Gasteiger partial charge in [0.15, 0.2) is 5.82 Å². The molecule has 6 nitrogen and oxygen atoms in total. The molecule has 0 unspecified atom stereocenters. The predicted molar refractivity (Wildman–Crippen MR) is 73.5 cm³/mol. The fraction of sp³-hybridized carbons (Fsp3) is 0.615. The maximum atomic E-state index is 12.1. The van der Waals surface area contributed by atoms with Crippen molar-refractivity contribution in [2.45, 2.75) is 25.7 Å². The molecule has 6 heteroatoms. The second-order valence-electron chi connectivity index (χ2n) is 4.96. The van der Waals surface area contributed by atoms with Gasteiger partial charge in [-0.05, 0) is 12.8 Å². The zero-order valence-corrected chi connectivity index (χ0v) is 11.6. The molecule has 0 bridgehead atoms. The quantitative estimate of drug-likeness (QED) is 0.896. The first kappa shape index (κ1) is 13.6. The molecule has 1 amide bonds. The van der Waals surface area contributed by atoms with Gasteiger partial charge in [-0.2, -0.15) is 4.98 Å². The van der Waals surface area contributed by atoms with Gasteiger partial charge in [0.1, 0.15) is 5.69 Å². The third kappa shape index (κ3) is 3.13. The van der Waals surface area contributed by atoms with E-state index < -0.39 is 0 Å². The summed E-state index contributed by atoms with van der Waals surface area (Å²) in [5, 5.41) is 2.92. The number of nitrogens with one attached hydrogen (secondary N) is 1. The number of ether oxygens (including phenoxy) is 1. The molecule has 0 atom stereocenters. The third-order valence-corrected chi connectivity index (χ3v) is 3.34. The van der Waals surface area contributed by atoms with E-state index in [0.29, 0.717) is 17.5 Å². The monoisotopic (exact) mass is 264 g/mol. The van der Waals surface area contributed by atoms with Gasteiger partial charge in [-0.1, -0.05) is 12.8 Å². The number of hydrogen-bond acceptors (Lipinski definition) is 5. The Labute approximate surface area is 113 Å². The highest BCUT2D eigenvalue weighted by Gasteiger charge is 2.24. The van der Waals surface area contributed by atoms with E-state index in [-0.39, 0.29) is 11.8 Å².